The molecule has 6 nitrogen and oxygen atoms in total. The SMILES string of the molecule is CC/C=C\C/C=C\C/C=C\C/C=C\CCCCCCC(=O)OCC(COC(=O)CCCCCCCCCCCC)OC(=O)CCCCC/C=C\C/C=C\C/C=C\CC. The van der Waals surface area contributed by atoms with Crippen LogP contribution in [0.1, 0.15) is 207 Å². The third-order valence-corrected chi connectivity index (χ3v) is 9.65. The van der Waals surface area contributed by atoms with Crippen LogP contribution in [0, 0.1) is 0 Å². The molecule has 0 aromatic heterocycles. The van der Waals surface area contributed by atoms with Gasteiger partial charge in [0.05, 0.1) is 0 Å². The summed E-state index contributed by atoms with van der Waals surface area (Å²) in [4.78, 5) is 37.8. The summed E-state index contributed by atoms with van der Waals surface area (Å²) < 4.78 is 16.7. The van der Waals surface area contributed by atoms with Crippen LogP contribution in [0.25, 0.3) is 0 Å². The predicted octanol–water partition coefficient (Wildman–Crippen LogP) is 15.3. The number of carbonyl (C=O) groups excluding carboxylic acids is 3. The Balaban J connectivity index is 4.45. The second kappa shape index (κ2) is 46.3. The molecule has 0 aliphatic heterocycles. The van der Waals surface area contributed by atoms with E-state index in [4.69, 9.17) is 14.2 Å². The maximum atomic E-state index is 12.7. The van der Waals surface area contributed by atoms with Crippen molar-refractivity contribution in [1.82, 2.24) is 0 Å². The summed E-state index contributed by atoms with van der Waals surface area (Å²) in [5.74, 6) is -0.958. The second-order valence-corrected chi connectivity index (χ2v) is 15.3. The topological polar surface area (TPSA) is 78.9 Å². The van der Waals surface area contributed by atoms with Crippen molar-refractivity contribution in [2.24, 2.45) is 0 Å². The Bertz CT molecular complexity index is 1160. The number of hydrogen-bond acceptors (Lipinski definition) is 6. The molecular weight excluding hydrogens is 721 g/mol. The van der Waals surface area contributed by atoms with Crippen LogP contribution in [0.4, 0.5) is 0 Å². The lowest BCUT2D eigenvalue weighted by molar-refractivity contribution is -0.167. The number of esters is 3. The number of carbonyl (C=O) groups is 3. The molecule has 0 spiro atoms. The average molecular weight is 807 g/mol. The zero-order valence-corrected chi connectivity index (χ0v) is 37.5. The highest BCUT2D eigenvalue weighted by molar-refractivity contribution is 5.71. The third kappa shape index (κ3) is 43.7. The van der Waals surface area contributed by atoms with Crippen LogP contribution in [-0.2, 0) is 28.6 Å². The Kier molecular flexibility index (Phi) is 43.6. The first-order chi connectivity index (χ1) is 28.5. The van der Waals surface area contributed by atoms with Crippen molar-refractivity contribution in [3.63, 3.8) is 0 Å². The van der Waals surface area contributed by atoms with Crippen molar-refractivity contribution in [2.75, 3.05) is 13.2 Å². The van der Waals surface area contributed by atoms with Gasteiger partial charge in [-0.15, -0.1) is 0 Å². The van der Waals surface area contributed by atoms with Gasteiger partial charge in [-0.1, -0.05) is 183 Å². The lowest BCUT2D eigenvalue weighted by Gasteiger charge is -2.18. The minimum Gasteiger partial charge on any atom is -0.462 e. The molecule has 0 bridgehead atoms. The Morgan fingerprint density at radius 2 is 0.672 bits per heavy atom. The van der Waals surface area contributed by atoms with Crippen LogP contribution in [0.5, 0.6) is 0 Å². The van der Waals surface area contributed by atoms with E-state index in [2.05, 4.69) is 106 Å². The van der Waals surface area contributed by atoms with E-state index in [-0.39, 0.29) is 37.5 Å². The Hall–Kier alpha value is -3.41. The molecule has 6 heteroatoms. The fourth-order valence-corrected chi connectivity index (χ4v) is 6.15. The predicted molar refractivity (Wildman–Crippen MR) is 247 cm³/mol. The number of rotatable bonds is 41. The fraction of sp³-hybridized carbons (Fsp3) is 0.673. The summed E-state index contributed by atoms with van der Waals surface area (Å²) in [6.45, 7) is 6.33. The largest absolute Gasteiger partial charge is 0.462 e. The van der Waals surface area contributed by atoms with Crippen LogP contribution in [0.2, 0.25) is 0 Å². The van der Waals surface area contributed by atoms with Crippen LogP contribution in [-0.4, -0.2) is 37.2 Å². The summed E-state index contributed by atoms with van der Waals surface area (Å²) in [5, 5.41) is 0. The molecule has 0 saturated carbocycles. The average Bonchev–Trinajstić information content (AvgIpc) is 3.22. The maximum Gasteiger partial charge on any atom is 0.306 e. The Labute approximate surface area is 356 Å². The van der Waals surface area contributed by atoms with Crippen molar-refractivity contribution in [3.05, 3.63) is 85.1 Å². The van der Waals surface area contributed by atoms with Gasteiger partial charge in [0.25, 0.3) is 0 Å². The van der Waals surface area contributed by atoms with Gasteiger partial charge in [0.1, 0.15) is 13.2 Å². The van der Waals surface area contributed by atoms with Gasteiger partial charge in [-0.25, -0.2) is 0 Å². The van der Waals surface area contributed by atoms with E-state index >= 15 is 0 Å². The molecule has 0 aromatic rings. The minimum atomic E-state index is -0.798. The van der Waals surface area contributed by atoms with Gasteiger partial charge >= 0.3 is 17.9 Å². The molecule has 0 amide bonds. The first-order valence-corrected chi connectivity index (χ1v) is 23.6. The molecule has 0 aliphatic rings. The molecule has 0 aliphatic carbocycles. The molecule has 0 saturated heterocycles. The molecule has 0 rings (SSSR count). The monoisotopic (exact) mass is 807 g/mol. The molecule has 1 unspecified atom stereocenters. The highest BCUT2D eigenvalue weighted by atomic mass is 16.6. The van der Waals surface area contributed by atoms with Crippen molar-refractivity contribution in [1.29, 1.82) is 0 Å². The van der Waals surface area contributed by atoms with E-state index in [1.54, 1.807) is 0 Å². The summed E-state index contributed by atoms with van der Waals surface area (Å²) in [6, 6.07) is 0. The van der Waals surface area contributed by atoms with Crippen LogP contribution < -0.4 is 0 Å². The number of unbranched alkanes of at least 4 members (excludes halogenated alkanes) is 16. The molecule has 1 atom stereocenters. The number of ether oxygens (including phenoxy) is 3. The molecule has 0 radical (unpaired) electrons. The second-order valence-electron chi connectivity index (χ2n) is 15.3. The summed E-state index contributed by atoms with van der Waals surface area (Å²) in [6.07, 6.45) is 58.5. The highest BCUT2D eigenvalue weighted by Gasteiger charge is 2.19. The maximum absolute atomic E-state index is 12.7. The first-order valence-electron chi connectivity index (χ1n) is 23.6. The molecular formula is C52H86O6. The molecule has 0 aromatic carbocycles. The van der Waals surface area contributed by atoms with Gasteiger partial charge in [-0.05, 0) is 89.9 Å². The first kappa shape index (κ1) is 54.6. The van der Waals surface area contributed by atoms with E-state index in [1.807, 2.05) is 0 Å². The molecule has 58 heavy (non-hydrogen) atoms. The zero-order chi connectivity index (χ0) is 42.3. The fourth-order valence-electron chi connectivity index (χ4n) is 6.15. The van der Waals surface area contributed by atoms with Gasteiger partial charge in [0, 0.05) is 19.3 Å². The van der Waals surface area contributed by atoms with Gasteiger partial charge in [-0.3, -0.25) is 14.4 Å². The highest BCUT2D eigenvalue weighted by Crippen LogP contribution is 2.13. The zero-order valence-electron chi connectivity index (χ0n) is 37.5. The van der Waals surface area contributed by atoms with Gasteiger partial charge < -0.3 is 14.2 Å². The lowest BCUT2D eigenvalue weighted by Crippen LogP contribution is -2.30. The summed E-state index contributed by atoms with van der Waals surface area (Å²) in [7, 11) is 0. The van der Waals surface area contributed by atoms with E-state index < -0.39 is 6.10 Å². The van der Waals surface area contributed by atoms with E-state index in [9.17, 15) is 14.4 Å². The van der Waals surface area contributed by atoms with Crippen molar-refractivity contribution in [2.45, 2.75) is 213 Å². The molecule has 330 valence electrons. The van der Waals surface area contributed by atoms with Crippen LogP contribution >= 0.6 is 0 Å². The van der Waals surface area contributed by atoms with Crippen LogP contribution in [0.3, 0.4) is 0 Å². The summed E-state index contributed by atoms with van der Waals surface area (Å²) in [5.41, 5.74) is 0. The minimum absolute atomic E-state index is 0.0962. The Morgan fingerprint density at radius 1 is 0.362 bits per heavy atom. The van der Waals surface area contributed by atoms with E-state index in [0.717, 1.165) is 122 Å². The summed E-state index contributed by atoms with van der Waals surface area (Å²) >= 11 is 0. The van der Waals surface area contributed by atoms with E-state index in [0.29, 0.717) is 12.8 Å². The molecule has 0 heterocycles. The molecule has 0 fully saturated rings. The smallest absolute Gasteiger partial charge is 0.306 e. The lowest BCUT2D eigenvalue weighted by atomic mass is 10.1. The number of hydrogen-bond donors (Lipinski definition) is 0. The van der Waals surface area contributed by atoms with Crippen molar-refractivity contribution >= 4 is 17.9 Å². The quantitative estimate of drug-likeness (QED) is 0.0265. The normalized spacial score (nSPS) is 12.8. The standard InChI is InChI=1S/C52H86O6/c1-4-7-10-13-16-19-22-24-25-26-27-29-30-33-36-39-42-45-51(54)57-48-49(47-56-50(53)44-41-38-35-32-21-18-15-12-9-6-3)58-52(55)46-43-40-37-34-31-28-23-20-17-14-11-8-5-2/h7-8,10-11,16-17,19-20,24-25,27-29,31,49H,4-6,9,12-15,18,21-23,26,30,32-48H2,1-3H3/b10-7-,11-8-,19-16-,20-17-,25-24-,29-27-,31-28-. The number of allylic oxidation sites excluding steroid dienone is 14. The van der Waals surface area contributed by atoms with Crippen molar-refractivity contribution < 1.29 is 28.6 Å². The van der Waals surface area contributed by atoms with Gasteiger partial charge in [0.2, 0.25) is 0 Å². The van der Waals surface area contributed by atoms with Crippen LogP contribution in [0.15, 0.2) is 85.1 Å². The van der Waals surface area contributed by atoms with Crippen molar-refractivity contribution in [3.8, 4) is 0 Å². The Morgan fingerprint density at radius 3 is 1.07 bits per heavy atom. The van der Waals surface area contributed by atoms with Gasteiger partial charge in [-0.2, -0.15) is 0 Å². The third-order valence-electron chi connectivity index (χ3n) is 9.65. The molecule has 0 N–H and O–H groups in total. The van der Waals surface area contributed by atoms with Gasteiger partial charge in [0.15, 0.2) is 6.10 Å². The van der Waals surface area contributed by atoms with E-state index in [1.165, 1.54) is 44.9 Å².